The normalized spacial score (nSPS) is 11.1. The summed E-state index contributed by atoms with van der Waals surface area (Å²) >= 11 is 1.34. The number of carboxylic acids is 1. The maximum atomic E-state index is 11.4. The molecule has 1 N–H and O–H groups in total. The van der Waals surface area contributed by atoms with E-state index in [0.29, 0.717) is 22.3 Å². The zero-order chi connectivity index (χ0) is 15.6. The Hall–Kier alpha value is -1.96. The van der Waals surface area contributed by atoms with Gasteiger partial charge in [0.05, 0.1) is 11.4 Å². The van der Waals surface area contributed by atoms with Gasteiger partial charge in [0.15, 0.2) is 0 Å². The van der Waals surface area contributed by atoms with Crippen LogP contribution in [0, 0.1) is 6.92 Å². The Morgan fingerprint density at radius 1 is 1.43 bits per heavy atom. The molecule has 2 heterocycles. The molecule has 0 atom stereocenters. The summed E-state index contributed by atoms with van der Waals surface area (Å²) in [5, 5.41) is 17.6. The molecule has 0 unspecified atom stereocenters. The number of hydrogen-bond acceptors (Lipinski definition) is 6. The molecule has 21 heavy (non-hydrogen) atoms. The molecule has 0 saturated carbocycles. The highest BCUT2D eigenvalue weighted by atomic mass is 32.2. The minimum atomic E-state index is -1.01. The zero-order valence-electron chi connectivity index (χ0n) is 12.4. The van der Waals surface area contributed by atoms with Gasteiger partial charge in [0.25, 0.3) is 0 Å². The number of aromatic carboxylic acids is 1. The molecular formula is C13H17N5O2S. The predicted molar refractivity (Wildman–Crippen MR) is 78.4 cm³/mol. The summed E-state index contributed by atoms with van der Waals surface area (Å²) in [5.74, 6) is 1.05. The van der Waals surface area contributed by atoms with Crippen LogP contribution in [-0.2, 0) is 12.8 Å². The molecule has 0 amide bonds. The van der Waals surface area contributed by atoms with Gasteiger partial charge in [0, 0.05) is 13.0 Å². The summed E-state index contributed by atoms with van der Waals surface area (Å²) in [6.07, 6.45) is 1.61. The van der Waals surface area contributed by atoms with E-state index in [4.69, 9.17) is 0 Å². The lowest BCUT2D eigenvalue weighted by Crippen LogP contribution is -2.10. The van der Waals surface area contributed by atoms with Crippen LogP contribution in [0.15, 0.2) is 11.4 Å². The monoisotopic (exact) mass is 307 g/mol. The molecule has 2 aromatic heterocycles. The molecule has 0 aromatic carbocycles. The van der Waals surface area contributed by atoms with E-state index in [1.807, 2.05) is 20.9 Å². The van der Waals surface area contributed by atoms with Crippen LogP contribution in [0.3, 0.4) is 0 Å². The maximum Gasteiger partial charge on any atom is 0.340 e. The second-order valence-corrected chi connectivity index (χ2v) is 5.92. The Bertz CT molecular complexity index is 669. The number of aryl methyl sites for hydroxylation is 2. The zero-order valence-corrected chi connectivity index (χ0v) is 13.2. The molecule has 0 aliphatic heterocycles. The molecule has 112 valence electrons. The average Bonchev–Trinajstić information content (AvgIpc) is 2.80. The van der Waals surface area contributed by atoms with Gasteiger partial charge in [-0.3, -0.25) is 0 Å². The van der Waals surface area contributed by atoms with Crippen molar-refractivity contribution >= 4 is 17.7 Å². The van der Waals surface area contributed by atoms with E-state index in [0.717, 1.165) is 5.82 Å². The second-order valence-electron chi connectivity index (χ2n) is 4.95. The van der Waals surface area contributed by atoms with Crippen molar-refractivity contribution in [1.82, 2.24) is 24.7 Å². The Kier molecular flexibility index (Phi) is 4.56. The third-order valence-electron chi connectivity index (χ3n) is 2.95. The summed E-state index contributed by atoms with van der Waals surface area (Å²) in [7, 11) is 1.85. The van der Waals surface area contributed by atoms with Crippen LogP contribution in [0.1, 0.15) is 47.5 Å². The molecule has 2 rings (SSSR count). The Labute approximate surface area is 126 Å². The van der Waals surface area contributed by atoms with Crippen molar-refractivity contribution in [3.05, 3.63) is 29.2 Å². The predicted octanol–water partition coefficient (Wildman–Crippen LogP) is 2.03. The van der Waals surface area contributed by atoms with Crippen molar-refractivity contribution in [1.29, 1.82) is 0 Å². The lowest BCUT2D eigenvalue weighted by Gasteiger charge is -2.11. The maximum absolute atomic E-state index is 11.4. The number of hydrogen-bond donors (Lipinski definition) is 1. The van der Waals surface area contributed by atoms with E-state index in [9.17, 15) is 9.90 Å². The third-order valence-corrected chi connectivity index (χ3v) is 3.92. The van der Waals surface area contributed by atoms with Crippen molar-refractivity contribution < 1.29 is 9.90 Å². The van der Waals surface area contributed by atoms with E-state index in [1.165, 1.54) is 11.8 Å². The van der Waals surface area contributed by atoms with E-state index in [-0.39, 0.29) is 11.5 Å². The lowest BCUT2D eigenvalue weighted by atomic mass is 10.2. The van der Waals surface area contributed by atoms with E-state index in [2.05, 4.69) is 20.2 Å². The largest absolute Gasteiger partial charge is 0.478 e. The van der Waals surface area contributed by atoms with Crippen molar-refractivity contribution in [3.63, 3.8) is 0 Å². The minimum absolute atomic E-state index is 0.140. The Morgan fingerprint density at radius 3 is 2.67 bits per heavy atom. The molecule has 8 heteroatoms. The van der Waals surface area contributed by atoms with Gasteiger partial charge in [-0.1, -0.05) is 25.6 Å². The van der Waals surface area contributed by atoms with Crippen LogP contribution < -0.4 is 0 Å². The highest BCUT2D eigenvalue weighted by Gasteiger charge is 2.20. The number of thioether (sulfide) groups is 1. The fourth-order valence-electron chi connectivity index (χ4n) is 1.75. The average molecular weight is 307 g/mol. The molecule has 0 aliphatic carbocycles. The van der Waals surface area contributed by atoms with Gasteiger partial charge in [-0.05, 0) is 6.92 Å². The summed E-state index contributed by atoms with van der Waals surface area (Å²) in [4.78, 5) is 20.1. The molecule has 0 saturated heterocycles. The number of rotatable bonds is 5. The SMILES string of the molecule is Cc1nc(C(C)C)nc(SCc2nncn2C)c1C(=O)O. The van der Waals surface area contributed by atoms with E-state index in [1.54, 1.807) is 17.8 Å². The van der Waals surface area contributed by atoms with Crippen molar-refractivity contribution in [2.75, 3.05) is 0 Å². The summed E-state index contributed by atoms with van der Waals surface area (Å²) < 4.78 is 1.80. The van der Waals surface area contributed by atoms with Gasteiger partial charge < -0.3 is 9.67 Å². The van der Waals surface area contributed by atoms with Crippen LogP contribution in [0.25, 0.3) is 0 Å². The number of aromatic nitrogens is 5. The fraction of sp³-hybridized carbons (Fsp3) is 0.462. The molecule has 0 radical (unpaired) electrons. The van der Waals surface area contributed by atoms with Gasteiger partial charge in [0.2, 0.25) is 0 Å². The Balaban J connectivity index is 2.35. The summed E-state index contributed by atoms with van der Waals surface area (Å²) in [5.41, 5.74) is 0.647. The first-order chi connectivity index (χ1) is 9.90. The van der Waals surface area contributed by atoms with Gasteiger partial charge in [-0.2, -0.15) is 0 Å². The quantitative estimate of drug-likeness (QED) is 0.667. The van der Waals surface area contributed by atoms with Crippen LogP contribution in [0.4, 0.5) is 0 Å². The number of nitrogens with zero attached hydrogens (tertiary/aromatic N) is 5. The molecule has 0 fully saturated rings. The summed E-state index contributed by atoms with van der Waals surface area (Å²) in [6.45, 7) is 5.65. The van der Waals surface area contributed by atoms with E-state index < -0.39 is 5.97 Å². The topological polar surface area (TPSA) is 93.8 Å². The van der Waals surface area contributed by atoms with Crippen LogP contribution in [0.5, 0.6) is 0 Å². The first kappa shape index (κ1) is 15.4. The Morgan fingerprint density at radius 2 is 2.14 bits per heavy atom. The first-order valence-electron chi connectivity index (χ1n) is 6.47. The molecule has 2 aromatic rings. The number of carbonyl (C=O) groups is 1. The summed E-state index contributed by atoms with van der Waals surface area (Å²) in [6, 6.07) is 0. The minimum Gasteiger partial charge on any atom is -0.478 e. The van der Waals surface area contributed by atoms with Gasteiger partial charge >= 0.3 is 5.97 Å². The highest BCUT2D eigenvalue weighted by Crippen LogP contribution is 2.27. The van der Waals surface area contributed by atoms with Crippen LogP contribution in [0.2, 0.25) is 0 Å². The van der Waals surface area contributed by atoms with Gasteiger partial charge in [-0.15, -0.1) is 10.2 Å². The lowest BCUT2D eigenvalue weighted by molar-refractivity contribution is 0.0690. The molecule has 0 aliphatic rings. The second kappa shape index (κ2) is 6.21. The van der Waals surface area contributed by atoms with Crippen molar-refractivity contribution in [2.24, 2.45) is 7.05 Å². The smallest absolute Gasteiger partial charge is 0.340 e. The first-order valence-corrected chi connectivity index (χ1v) is 7.46. The number of carboxylic acid groups (broad SMARTS) is 1. The fourth-order valence-corrected chi connectivity index (χ4v) is 2.81. The van der Waals surface area contributed by atoms with Crippen LogP contribution >= 0.6 is 11.8 Å². The standard InChI is InChI=1S/C13H17N5O2S/c1-7(2)11-15-8(3)10(13(19)20)12(16-11)21-5-9-17-14-6-18(9)4/h6-7H,5H2,1-4H3,(H,19,20). The molecule has 0 spiro atoms. The molecule has 7 nitrogen and oxygen atoms in total. The van der Waals surface area contributed by atoms with Gasteiger partial charge in [0.1, 0.15) is 28.6 Å². The van der Waals surface area contributed by atoms with Gasteiger partial charge in [-0.25, -0.2) is 14.8 Å². The van der Waals surface area contributed by atoms with Crippen molar-refractivity contribution in [2.45, 2.75) is 37.5 Å². The van der Waals surface area contributed by atoms with Crippen molar-refractivity contribution in [3.8, 4) is 0 Å². The third kappa shape index (κ3) is 3.38. The molecule has 0 bridgehead atoms. The highest BCUT2D eigenvalue weighted by molar-refractivity contribution is 7.98. The molecular weight excluding hydrogens is 290 g/mol. The van der Waals surface area contributed by atoms with Crippen LogP contribution in [-0.4, -0.2) is 35.8 Å². The van der Waals surface area contributed by atoms with E-state index >= 15 is 0 Å².